The number of thiophene rings is 1. The van der Waals surface area contributed by atoms with Crippen LogP contribution in [0.3, 0.4) is 0 Å². The van der Waals surface area contributed by atoms with E-state index in [9.17, 15) is 24.0 Å². The molecule has 2 unspecified atom stereocenters. The van der Waals surface area contributed by atoms with Crippen molar-refractivity contribution in [3.63, 3.8) is 0 Å². The van der Waals surface area contributed by atoms with E-state index < -0.39 is 59.4 Å². The Labute approximate surface area is 461 Å². The van der Waals surface area contributed by atoms with Crippen LogP contribution in [0.2, 0.25) is 5.02 Å². The van der Waals surface area contributed by atoms with E-state index >= 15 is 0 Å². The van der Waals surface area contributed by atoms with Gasteiger partial charge in [0, 0.05) is 65.1 Å². The predicted molar refractivity (Wildman–Crippen MR) is 295 cm³/mol. The molecule has 5 heterocycles. The Hall–Kier alpha value is -6.55. The standard InChI is InChI=1S/C54H67ClN12O8S2/c1-31-34(4)77-53-46(31)47(37-17-19-39(55)20-18-37)61-41(50-64-63-35(5)67(50)53)27-43(68)57-22-25-73-23-11-24-74-29-44(69)62-49(54(6,7)8)52(72)66-28-40(75-45(70)12-9-10-21-59-65-56)26-42(66)51(71)60-32(2)36-13-15-38(16-14-36)48-33(3)58-30-76-48/h13-20,30,32,40-42,49H,9-12,21-29H2,1-8H3,(H,57,68)(H,60,71)(H,62,69)/t32?,40-,41+,42+,49?/m1/s1. The molecule has 5 aromatic rings. The van der Waals surface area contributed by atoms with Gasteiger partial charge in [-0.1, -0.05) is 73.9 Å². The van der Waals surface area contributed by atoms with E-state index in [2.05, 4.69) is 55.0 Å². The van der Waals surface area contributed by atoms with Crippen LogP contribution < -0.4 is 16.0 Å². The van der Waals surface area contributed by atoms with Gasteiger partial charge in [0.25, 0.3) is 0 Å². The maximum atomic E-state index is 14.6. The summed E-state index contributed by atoms with van der Waals surface area (Å²) in [6, 6.07) is 12.3. The van der Waals surface area contributed by atoms with Crippen LogP contribution in [0.4, 0.5) is 0 Å². The third kappa shape index (κ3) is 14.9. The van der Waals surface area contributed by atoms with E-state index in [-0.39, 0.29) is 64.6 Å². The number of halogens is 1. The van der Waals surface area contributed by atoms with Crippen LogP contribution in [0, 0.1) is 33.1 Å². The minimum atomic E-state index is -1.06. The molecule has 3 N–H and O–H groups in total. The molecule has 23 heteroatoms. The van der Waals surface area contributed by atoms with Crippen LogP contribution in [-0.2, 0) is 38.2 Å². The Morgan fingerprint density at radius 2 is 1.65 bits per heavy atom. The summed E-state index contributed by atoms with van der Waals surface area (Å²) < 4.78 is 19.3. The number of ether oxygens (including phenoxy) is 3. The number of fused-ring (bicyclic) bond motifs is 3. The molecule has 0 aliphatic carbocycles. The second-order valence-electron chi connectivity index (χ2n) is 20.2. The summed E-state index contributed by atoms with van der Waals surface area (Å²) in [5.41, 5.74) is 16.1. The second kappa shape index (κ2) is 26.7. The molecule has 0 saturated carbocycles. The van der Waals surface area contributed by atoms with Crippen LogP contribution >= 0.6 is 34.3 Å². The van der Waals surface area contributed by atoms with Gasteiger partial charge in [-0.3, -0.25) is 33.5 Å². The second-order valence-corrected chi connectivity index (χ2v) is 22.7. The van der Waals surface area contributed by atoms with Crippen molar-refractivity contribution in [3.8, 4) is 15.4 Å². The number of rotatable bonds is 24. The average molecular weight is 1110 g/mol. The number of likely N-dealkylation sites (tertiary alicyclic amines) is 1. The van der Waals surface area contributed by atoms with Crippen molar-refractivity contribution in [3.05, 3.63) is 114 Å². The Bertz CT molecular complexity index is 2980. The minimum absolute atomic E-state index is 0.0386. The number of aromatic nitrogens is 4. The molecule has 2 aliphatic rings. The van der Waals surface area contributed by atoms with E-state index in [1.807, 2.05) is 94.6 Å². The fourth-order valence-electron chi connectivity index (χ4n) is 9.20. The first-order valence-electron chi connectivity index (χ1n) is 25.7. The van der Waals surface area contributed by atoms with Crippen LogP contribution in [0.1, 0.15) is 123 Å². The van der Waals surface area contributed by atoms with E-state index in [0.29, 0.717) is 42.5 Å². The molecule has 5 atom stereocenters. The molecule has 7 rings (SSSR count). The van der Waals surface area contributed by atoms with Crippen molar-refractivity contribution in [1.82, 2.24) is 40.6 Å². The van der Waals surface area contributed by atoms with Crippen molar-refractivity contribution in [2.24, 2.45) is 15.5 Å². The fourth-order valence-corrected chi connectivity index (χ4v) is 11.4. The highest BCUT2D eigenvalue weighted by molar-refractivity contribution is 7.15. The lowest BCUT2D eigenvalue weighted by Crippen LogP contribution is -2.58. The molecule has 4 amide bonds. The molecular formula is C54H67ClN12O8S2. The van der Waals surface area contributed by atoms with E-state index in [1.165, 1.54) is 4.90 Å². The molecular weight excluding hydrogens is 1040 g/mol. The molecule has 20 nitrogen and oxygen atoms in total. The zero-order valence-electron chi connectivity index (χ0n) is 44.8. The van der Waals surface area contributed by atoms with Crippen LogP contribution in [0.5, 0.6) is 0 Å². The number of hydrogen-bond acceptors (Lipinski definition) is 15. The van der Waals surface area contributed by atoms with Crippen molar-refractivity contribution >= 4 is 69.6 Å². The highest BCUT2D eigenvalue weighted by Gasteiger charge is 2.46. The number of unbranched alkanes of at least 4 members (excludes halogenated alkanes) is 1. The van der Waals surface area contributed by atoms with Gasteiger partial charge in [0.2, 0.25) is 23.6 Å². The summed E-state index contributed by atoms with van der Waals surface area (Å²) in [4.78, 5) is 84.3. The average Bonchev–Trinajstić information content (AvgIpc) is 4.34. The van der Waals surface area contributed by atoms with Gasteiger partial charge in [0.15, 0.2) is 5.82 Å². The summed E-state index contributed by atoms with van der Waals surface area (Å²) in [7, 11) is 0. The van der Waals surface area contributed by atoms with Gasteiger partial charge in [0.1, 0.15) is 41.7 Å². The van der Waals surface area contributed by atoms with Gasteiger partial charge in [-0.2, -0.15) is 0 Å². The van der Waals surface area contributed by atoms with Gasteiger partial charge < -0.3 is 35.1 Å². The van der Waals surface area contributed by atoms with Gasteiger partial charge >= 0.3 is 5.97 Å². The quantitative estimate of drug-likeness (QED) is 0.0173. The zero-order valence-corrected chi connectivity index (χ0v) is 47.1. The van der Waals surface area contributed by atoms with Gasteiger partial charge in [-0.25, -0.2) is 4.98 Å². The molecule has 1 fully saturated rings. The Balaban J connectivity index is 0.883. The van der Waals surface area contributed by atoms with Crippen LogP contribution in [0.25, 0.3) is 25.9 Å². The smallest absolute Gasteiger partial charge is 0.306 e. The van der Waals surface area contributed by atoms with Crippen LogP contribution in [0.15, 0.2) is 64.1 Å². The minimum Gasteiger partial charge on any atom is -0.460 e. The summed E-state index contributed by atoms with van der Waals surface area (Å²) in [5.74, 6) is -0.873. The fraction of sp³-hybridized carbons (Fsp3) is 0.500. The number of esters is 1. The monoisotopic (exact) mass is 1110 g/mol. The number of azide groups is 1. The lowest BCUT2D eigenvalue weighted by Gasteiger charge is -2.35. The molecule has 0 spiro atoms. The van der Waals surface area contributed by atoms with Crippen LogP contribution in [-0.4, -0.2) is 124 Å². The topological polar surface area (TPSA) is 257 Å². The molecule has 1 saturated heterocycles. The number of nitrogens with zero attached hydrogens (tertiary/aromatic N) is 9. The largest absolute Gasteiger partial charge is 0.460 e. The SMILES string of the molecule is Cc1ncsc1-c1ccc(C(C)NC(=O)[C@@H]2C[C@@H](OC(=O)CCCCN=[N+]=[N-])CN2C(=O)C(NC(=O)COCCCOCCNC(=O)C[C@@H]2N=C(c3ccc(Cl)cc3)c3c(sc(C)c3C)-n3c(C)nnc32)C(C)(C)C)cc1. The van der Waals surface area contributed by atoms with Gasteiger partial charge in [-0.15, -0.1) is 32.9 Å². The van der Waals surface area contributed by atoms with Crippen molar-refractivity contribution < 1.29 is 38.2 Å². The molecule has 410 valence electrons. The van der Waals surface area contributed by atoms with E-state index in [0.717, 1.165) is 54.0 Å². The van der Waals surface area contributed by atoms with Crippen molar-refractivity contribution in [2.45, 2.75) is 124 Å². The first kappa shape index (κ1) is 58.1. The lowest BCUT2D eigenvalue weighted by molar-refractivity contribution is -0.150. The number of benzene rings is 2. The number of thiazole rings is 1. The molecule has 77 heavy (non-hydrogen) atoms. The maximum Gasteiger partial charge on any atom is 0.306 e. The number of nitrogens with one attached hydrogen (secondary N) is 3. The third-order valence-corrected chi connectivity index (χ3v) is 15.8. The molecule has 2 aromatic carbocycles. The van der Waals surface area contributed by atoms with E-state index in [4.69, 9.17) is 36.3 Å². The Morgan fingerprint density at radius 3 is 2.35 bits per heavy atom. The number of amides is 4. The first-order valence-corrected chi connectivity index (χ1v) is 27.8. The maximum absolute atomic E-state index is 14.6. The number of carbonyl (C=O) groups is 5. The number of aryl methyl sites for hydroxylation is 3. The molecule has 0 bridgehead atoms. The van der Waals surface area contributed by atoms with Gasteiger partial charge in [0.05, 0.1) is 47.4 Å². The summed E-state index contributed by atoms with van der Waals surface area (Å²) >= 11 is 9.44. The Kier molecular flexibility index (Phi) is 20.1. The molecule has 3 aromatic heterocycles. The highest BCUT2D eigenvalue weighted by atomic mass is 35.5. The molecule has 2 aliphatic heterocycles. The lowest BCUT2D eigenvalue weighted by atomic mass is 9.85. The number of aliphatic imine (C=N–C) groups is 1. The van der Waals surface area contributed by atoms with Crippen molar-refractivity contribution in [1.29, 1.82) is 0 Å². The Morgan fingerprint density at radius 1 is 0.922 bits per heavy atom. The molecule has 0 radical (unpaired) electrons. The predicted octanol–water partition coefficient (Wildman–Crippen LogP) is 8.56. The van der Waals surface area contributed by atoms with Gasteiger partial charge in [-0.05, 0) is 93.7 Å². The van der Waals surface area contributed by atoms with Crippen molar-refractivity contribution in [2.75, 3.05) is 46.1 Å². The van der Waals surface area contributed by atoms with E-state index in [1.54, 1.807) is 28.2 Å². The highest BCUT2D eigenvalue weighted by Crippen LogP contribution is 2.40. The summed E-state index contributed by atoms with van der Waals surface area (Å²) in [5, 5.41) is 22.8. The normalized spacial score (nSPS) is 16.8. The number of hydrogen-bond donors (Lipinski definition) is 3. The number of carbonyl (C=O) groups excluding carboxylic acids is 5. The zero-order chi connectivity index (χ0) is 55.4. The first-order chi connectivity index (χ1) is 36.8. The third-order valence-electron chi connectivity index (χ3n) is 13.4. The summed E-state index contributed by atoms with van der Waals surface area (Å²) in [6.45, 7) is 16.1. The summed E-state index contributed by atoms with van der Waals surface area (Å²) in [6.07, 6.45) is 0.807.